The van der Waals surface area contributed by atoms with Crippen LogP contribution in [0.4, 0.5) is 0 Å². The van der Waals surface area contributed by atoms with Crippen LogP contribution < -0.4 is 5.14 Å². The second-order valence-electron chi connectivity index (χ2n) is 3.54. The van der Waals surface area contributed by atoms with Crippen LogP contribution in [0.25, 0.3) is 11.3 Å². The van der Waals surface area contributed by atoms with Crippen molar-refractivity contribution in [3.63, 3.8) is 0 Å². The first-order chi connectivity index (χ1) is 7.89. The maximum Gasteiger partial charge on any atom is 0.240 e. The summed E-state index contributed by atoms with van der Waals surface area (Å²) in [6, 6.07) is 6.45. The molecule has 0 atom stereocenters. The van der Waals surface area contributed by atoms with Crippen LogP contribution in [-0.2, 0) is 17.1 Å². The van der Waals surface area contributed by atoms with Crippen LogP contribution in [0, 0.1) is 0 Å². The molecule has 0 fully saturated rings. The van der Waals surface area contributed by atoms with Gasteiger partial charge in [-0.1, -0.05) is 23.7 Å². The zero-order chi connectivity index (χ0) is 12.6. The molecular weight excluding hydrogens is 262 g/mol. The van der Waals surface area contributed by atoms with Crippen molar-refractivity contribution in [3.05, 3.63) is 35.5 Å². The summed E-state index contributed by atoms with van der Waals surface area (Å²) in [5.74, 6) is 0. The number of hydrogen-bond donors (Lipinski definition) is 1. The fourth-order valence-electron chi connectivity index (χ4n) is 1.56. The Morgan fingerprint density at radius 2 is 2.06 bits per heavy atom. The van der Waals surface area contributed by atoms with Gasteiger partial charge >= 0.3 is 0 Å². The molecule has 0 spiro atoms. The highest BCUT2D eigenvalue weighted by molar-refractivity contribution is 7.89. The van der Waals surface area contributed by atoms with Crippen molar-refractivity contribution >= 4 is 21.6 Å². The smallest absolute Gasteiger partial charge is 0.240 e. The van der Waals surface area contributed by atoms with E-state index >= 15 is 0 Å². The maximum absolute atomic E-state index is 11.5. The Hall–Kier alpha value is -1.37. The van der Waals surface area contributed by atoms with Crippen LogP contribution in [0.1, 0.15) is 0 Å². The number of benzene rings is 1. The van der Waals surface area contributed by atoms with Crippen molar-refractivity contribution in [2.24, 2.45) is 12.2 Å². The van der Waals surface area contributed by atoms with Crippen LogP contribution >= 0.6 is 11.6 Å². The summed E-state index contributed by atoms with van der Waals surface area (Å²) in [6.07, 6.45) is 1.71. The standard InChI is InChI=1S/C10H10ClN3O2S/c1-14-6-5-9(13-14)7-3-2-4-8(11)10(7)17(12,15)16/h2-6H,1H3,(H2,12,15,16). The summed E-state index contributed by atoms with van der Waals surface area (Å²) in [7, 11) is -2.14. The van der Waals surface area contributed by atoms with Gasteiger partial charge in [-0.3, -0.25) is 4.68 Å². The van der Waals surface area contributed by atoms with E-state index in [4.69, 9.17) is 16.7 Å². The molecule has 7 heteroatoms. The molecule has 0 amide bonds. The van der Waals surface area contributed by atoms with E-state index in [2.05, 4.69) is 5.10 Å². The molecule has 1 aromatic heterocycles. The quantitative estimate of drug-likeness (QED) is 0.896. The molecule has 5 nitrogen and oxygen atoms in total. The third-order valence-corrected chi connectivity index (χ3v) is 3.68. The second-order valence-corrected chi connectivity index (χ2v) is 5.44. The van der Waals surface area contributed by atoms with Crippen molar-refractivity contribution in [2.45, 2.75) is 4.90 Å². The molecule has 0 radical (unpaired) electrons. The van der Waals surface area contributed by atoms with Crippen molar-refractivity contribution in [3.8, 4) is 11.3 Å². The van der Waals surface area contributed by atoms with Gasteiger partial charge in [0.15, 0.2) is 0 Å². The summed E-state index contributed by atoms with van der Waals surface area (Å²) in [5.41, 5.74) is 0.916. The van der Waals surface area contributed by atoms with E-state index in [1.165, 1.54) is 6.07 Å². The number of nitrogens with two attached hydrogens (primary N) is 1. The van der Waals surface area contributed by atoms with Crippen molar-refractivity contribution < 1.29 is 8.42 Å². The topological polar surface area (TPSA) is 78.0 Å². The number of aromatic nitrogens is 2. The largest absolute Gasteiger partial charge is 0.275 e. The molecule has 0 saturated heterocycles. The lowest BCUT2D eigenvalue weighted by molar-refractivity contribution is 0.598. The van der Waals surface area contributed by atoms with E-state index in [1.807, 2.05) is 0 Å². The van der Waals surface area contributed by atoms with Crippen LogP contribution in [0.3, 0.4) is 0 Å². The molecule has 2 N–H and O–H groups in total. The fourth-order valence-corrected chi connectivity index (χ4v) is 2.87. The molecule has 17 heavy (non-hydrogen) atoms. The minimum absolute atomic E-state index is 0.0932. The van der Waals surface area contributed by atoms with Gasteiger partial charge in [-0.25, -0.2) is 13.6 Å². The van der Waals surface area contributed by atoms with Crippen molar-refractivity contribution in [1.82, 2.24) is 9.78 Å². The molecule has 90 valence electrons. The zero-order valence-corrected chi connectivity index (χ0v) is 10.5. The first-order valence-corrected chi connectivity index (χ1v) is 6.63. The van der Waals surface area contributed by atoms with E-state index in [0.29, 0.717) is 11.3 Å². The predicted molar refractivity (Wildman–Crippen MR) is 65.0 cm³/mol. The third-order valence-electron chi connectivity index (χ3n) is 2.24. The van der Waals surface area contributed by atoms with E-state index in [9.17, 15) is 8.42 Å². The maximum atomic E-state index is 11.5. The Labute approximate surface area is 104 Å². The van der Waals surface area contributed by atoms with Crippen LogP contribution in [0.15, 0.2) is 35.4 Å². The average Bonchev–Trinajstić information content (AvgIpc) is 2.62. The van der Waals surface area contributed by atoms with Crippen molar-refractivity contribution in [1.29, 1.82) is 0 Å². The molecule has 0 aliphatic heterocycles. The monoisotopic (exact) mass is 271 g/mol. The van der Waals surface area contributed by atoms with E-state index in [0.717, 1.165) is 0 Å². The molecule has 0 aliphatic carbocycles. The van der Waals surface area contributed by atoms with Gasteiger partial charge in [-0.2, -0.15) is 5.10 Å². The molecule has 0 aliphatic rings. The Kier molecular flexibility index (Phi) is 2.94. The molecule has 2 rings (SSSR count). The molecule has 0 unspecified atom stereocenters. The van der Waals surface area contributed by atoms with E-state index in [1.54, 1.807) is 36.1 Å². The van der Waals surface area contributed by atoms with Crippen LogP contribution in [0.2, 0.25) is 5.02 Å². The number of sulfonamides is 1. The lowest BCUT2D eigenvalue weighted by Crippen LogP contribution is -2.14. The van der Waals surface area contributed by atoms with E-state index < -0.39 is 10.0 Å². The lowest BCUT2D eigenvalue weighted by Gasteiger charge is -2.07. The van der Waals surface area contributed by atoms with Gasteiger partial charge in [-0.05, 0) is 12.1 Å². The first kappa shape index (κ1) is 12.1. The minimum atomic E-state index is -3.88. The Morgan fingerprint density at radius 1 is 1.35 bits per heavy atom. The number of nitrogens with zero attached hydrogens (tertiary/aromatic N) is 2. The zero-order valence-electron chi connectivity index (χ0n) is 8.96. The molecule has 1 aromatic carbocycles. The first-order valence-electron chi connectivity index (χ1n) is 4.71. The number of aryl methyl sites for hydroxylation is 1. The van der Waals surface area contributed by atoms with Crippen LogP contribution in [0.5, 0.6) is 0 Å². The number of hydrogen-bond acceptors (Lipinski definition) is 3. The van der Waals surface area contributed by atoms with Gasteiger partial charge in [0, 0.05) is 18.8 Å². The molecule has 1 heterocycles. The summed E-state index contributed by atoms with van der Waals surface area (Å²) in [5, 5.41) is 9.38. The highest BCUT2D eigenvalue weighted by Gasteiger charge is 2.20. The summed E-state index contributed by atoms with van der Waals surface area (Å²) in [6.45, 7) is 0. The van der Waals surface area contributed by atoms with E-state index in [-0.39, 0.29) is 9.92 Å². The Balaban J connectivity index is 2.75. The Bertz CT molecular complexity index is 664. The number of rotatable bonds is 2. The summed E-state index contributed by atoms with van der Waals surface area (Å²) in [4.78, 5) is -0.0969. The van der Waals surface area contributed by atoms with Gasteiger partial charge in [0.05, 0.1) is 10.7 Å². The summed E-state index contributed by atoms with van der Waals surface area (Å²) < 4.78 is 24.6. The van der Waals surface area contributed by atoms with Gasteiger partial charge in [-0.15, -0.1) is 0 Å². The Morgan fingerprint density at radius 3 is 2.59 bits per heavy atom. The summed E-state index contributed by atoms with van der Waals surface area (Å²) >= 11 is 5.88. The van der Waals surface area contributed by atoms with Gasteiger partial charge in [0.25, 0.3) is 0 Å². The van der Waals surface area contributed by atoms with Gasteiger partial charge in [0.2, 0.25) is 10.0 Å². The van der Waals surface area contributed by atoms with Gasteiger partial charge in [0.1, 0.15) is 4.90 Å². The number of halogens is 1. The second kappa shape index (κ2) is 4.14. The van der Waals surface area contributed by atoms with Gasteiger partial charge < -0.3 is 0 Å². The molecular formula is C10H10ClN3O2S. The number of primary sulfonamides is 1. The predicted octanol–water partition coefficient (Wildman–Crippen LogP) is 1.39. The fraction of sp³-hybridized carbons (Fsp3) is 0.100. The lowest BCUT2D eigenvalue weighted by atomic mass is 10.1. The van der Waals surface area contributed by atoms with Crippen molar-refractivity contribution in [2.75, 3.05) is 0 Å². The third kappa shape index (κ3) is 2.33. The highest BCUT2D eigenvalue weighted by atomic mass is 35.5. The highest BCUT2D eigenvalue weighted by Crippen LogP contribution is 2.30. The molecule has 0 bridgehead atoms. The SMILES string of the molecule is Cn1ccc(-c2cccc(Cl)c2S(N)(=O)=O)n1. The van der Waals surface area contributed by atoms with Crippen LogP contribution in [-0.4, -0.2) is 18.2 Å². The molecule has 0 saturated carbocycles. The average molecular weight is 272 g/mol. The molecule has 2 aromatic rings. The minimum Gasteiger partial charge on any atom is -0.275 e. The normalized spacial score (nSPS) is 11.7.